The zero-order valence-corrected chi connectivity index (χ0v) is 21.2. The predicted octanol–water partition coefficient (Wildman–Crippen LogP) is 3.63. The highest BCUT2D eigenvalue weighted by Gasteiger charge is 2.46. The number of benzene rings is 1. The average Bonchev–Trinajstić information content (AvgIpc) is 3.56. The lowest BCUT2D eigenvalue weighted by atomic mass is 9.79. The van der Waals surface area contributed by atoms with Crippen LogP contribution in [0.3, 0.4) is 0 Å². The summed E-state index contributed by atoms with van der Waals surface area (Å²) < 4.78 is 17.7. The average molecular weight is 504 g/mol. The number of anilines is 2. The number of fused-ring (bicyclic) bond motifs is 2. The molecule has 10 heteroatoms. The number of hydrogen-bond donors (Lipinski definition) is 3. The van der Waals surface area contributed by atoms with E-state index < -0.39 is 11.4 Å². The van der Waals surface area contributed by atoms with Crippen molar-refractivity contribution in [1.82, 2.24) is 29.6 Å². The van der Waals surface area contributed by atoms with Gasteiger partial charge in [-0.3, -0.25) is 4.79 Å². The molecule has 1 saturated carbocycles. The van der Waals surface area contributed by atoms with Crippen molar-refractivity contribution in [3.05, 3.63) is 69.5 Å². The van der Waals surface area contributed by atoms with E-state index in [1.807, 2.05) is 13.0 Å². The number of aliphatic hydroxyl groups is 1. The maximum absolute atomic E-state index is 14.5. The molecule has 1 fully saturated rings. The van der Waals surface area contributed by atoms with Crippen LogP contribution in [0.15, 0.2) is 41.3 Å². The van der Waals surface area contributed by atoms with Gasteiger partial charge in [0.25, 0.3) is 5.56 Å². The largest absolute Gasteiger partial charge is 0.383 e. The first-order valence-corrected chi connectivity index (χ1v) is 12.7. The summed E-state index contributed by atoms with van der Waals surface area (Å²) in [4.78, 5) is 26.8. The van der Waals surface area contributed by atoms with Crippen LogP contribution in [0.25, 0.3) is 16.9 Å². The molecule has 1 aliphatic carbocycles. The fraction of sp³-hybridized carbons (Fsp3) is 0.407. The van der Waals surface area contributed by atoms with Gasteiger partial charge in [0, 0.05) is 36.9 Å². The highest BCUT2D eigenvalue weighted by molar-refractivity contribution is 5.77. The first kappa shape index (κ1) is 23.7. The van der Waals surface area contributed by atoms with Crippen molar-refractivity contribution < 1.29 is 9.50 Å². The Hall–Kier alpha value is -3.63. The monoisotopic (exact) mass is 503 g/mol. The minimum Gasteiger partial charge on any atom is -0.383 e. The summed E-state index contributed by atoms with van der Waals surface area (Å²) in [6, 6.07) is 9.03. The Kier molecular flexibility index (Phi) is 5.43. The Balaban J connectivity index is 1.44. The summed E-state index contributed by atoms with van der Waals surface area (Å²) in [7, 11) is 0. The van der Waals surface area contributed by atoms with Gasteiger partial charge in [0.1, 0.15) is 22.5 Å². The van der Waals surface area contributed by atoms with Crippen LogP contribution in [-0.4, -0.2) is 36.0 Å². The van der Waals surface area contributed by atoms with Crippen molar-refractivity contribution in [1.29, 1.82) is 0 Å². The molecule has 0 saturated heterocycles. The van der Waals surface area contributed by atoms with E-state index in [0.29, 0.717) is 48.6 Å². The summed E-state index contributed by atoms with van der Waals surface area (Å²) in [5.41, 5.74) is 2.29. The fourth-order valence-corrected chi connectivity index (χ4v) is 5.18. The summed E-state index contributed by atoms with van der Waals surface area (Å²) in [5, 5.41) is 17.6. The van der Waals surface area contributed by atoms with Crippen molar-refractivity contribution >= 4 is 22.7 Å². The van der Waals surface area contributed by atoms with Gasteiger partial charge < -0.3 is 15.7 Å². The third-order valence-electron chi connectivity index (χ3n) is 7.30. The van der Waals surface area contributed by atoms with Gasteiger partial charge in [0.15, 0.2) is 11.5 Å². The van der Waals surface area contributed by atoms with E-state index in [1.165, 1.54) is 34.1 Å². The number of nitrogens with zero attached hydrogens (tertiary/aromatic N) is 5. The van der Waals surface area contributed by atoms with E-state index in [9.17, 15) is 14.3 Å². The van der Waals surface area contributed by atoms with E-state index in [1.54, 1.807) is 4.68 Å². The standard InChI is InChI=1S/C27H30FN7O2/c1-4-11-34-24(36)18-14-30-25(31-17-5-6-19-16(12-17)13-29-15-26(19,2)3)33-23(18)35(34)21-8-7-20(28)22(32-21)27(37)9-10-27/h5-8,12,14,29,37H,4,9-11,13,15H2,1-3H3,(H,30,31,33). The third-order valence-corrected chi connectivity index (χ3v) is 7.30. The molecular formula is C27H30FN7O2. The smallest absolute Gasteiger partial charge is 0.278 e. The second kappa shape index (κ2) is 8.46. The predicted molar refractivity (Wildman–Crippen MR) is 139 cm³/mol. The fourth-order valence-electron chi connectivity index (χ4n) is 5.18. The first-order chi connectivity index (χ1) is 17.7. The van der Waals surface area contributed by atoms with Gasteiger partial charge in [-0.15, -0.1) is 0 Å². The van der Waals surface area contributed by atoms with Crippen molar-refractivity contribution in [2.45, 2.75) is 64.1 Å². The van der Waals surface area contributed by atoms with Crippen LogP contribution < -0.4 is 16.2 Å². The normalized spacial score (nSPS) is 17.5. The lowest BCUT2D eigenvalue weighted by molar-refractivity contribution is 0.141. The molecule has 0 amide bonds. The van der Waals surface area contributed by atoms with Crippen molar-refractivity contribution in [2.24, 2.45) is 0 Å². The Morgan fingerprint density at radius 3 is 2.76 bits per heavy atom. The van der Waals surface area contributed by atoms with Gasteiger partial charge in [-0.05, 0) is 54.7 Å². The second-order valence-corrected chi connectivity index (χ2v) is 10.7. The Bertz CT molecular complexity index is 1590. The van der Waals surface area contributed by atoms with Crippen LogP contribution >= 0.6 is 0 Å². The molecule has 0 bridgehead atoms. The molecule has 0 atom stereocenters. The molecule has 0 spiro atoms. The molecule has 0 unspecified atom stereocenters. The maximum atomic E-state index is 14.5. The number of rotatable bonds is 6. The van der Waals surface area contributed by atoms with Gasteiger partial charge in [-0.25, -0.2) is 23.7 Å². The van der Waals surface area contributed by atoms with Crippen LogP contribution in [0.2, 0.25) is 0 Å². The molecule has 0 radical (unpaired) electrons. The van der Waals surface area contributed by atoms with Crippen LogP contribution in [0.1, 0.15) is 56.9 Å². The van der Waals surface area contributed by atoms with Crippen LogP contribution in [0, 0.1) is 5.82 Å². The lowest BCUT2D eigenvalue weighted by Crippen LogP contribution is -2.38. The van der Waals surface area contributed by atoms with Gasteiger partial charge in [-0.1, -0.05) is 26.8 Å². The molecule has 1 aromatic carbocycles. The van der Waals surface area contributed by atoms with Crippen LogP contribution in [0.5, 0.6) is 0 Å². The molecule has 3 aromatic heterocycles. The van der Waals surface area contributed by atoms with Crippen LogP contribution in [-0.2, 0) is 24.1 Å². The minimum absolute atomic E-state index is 0.000319. The molecule has 4 aromatic rings. The SMILES string of the molecule is CCCn1c(=O)c2cnc(Nc3ccc4c(c3)CNCC4(C)C)nc2n1-c1ccc(F)c(C2(O)CC2)n1. The number of hydrogen-bond acceptors (Lipinski definition) is 7. The molecular weight excluding hydrogens is 473 g/mol. The Morgan fingerprint density at radius 2 is 2.00 bits per heavy atom. The summed E-state index contributed by atoms with van der Waals surface area (Å²) >= 11 is 0. The number of halogens is 1. The van der Waals surface area contributed by atoms with Gasteiger partial charge in [0.2, 0.25) is 5.95 Å². The summed E-state index contributed by atoms with van der Waals surface area (Å²) in [5.74, 6) is 0.0942. The highest BCUT2D eigenvalue weighted by atomic mass is 19.1. The topological polar surface area (TPSA) is 110 Å². The number of pyridine rings is 1. The molecule has 4 heterocycles. The van der Waals surface area contributed by atoms with Crippen molar-refractivity contribution in [3.8, 4) is 5.82 Å². The summed E-state index contributed by atoms with van der Waals surface area (Å²) in [6.07, 6.45) is 3.13. The second-order valence-electron chi connectivity index (χ2n) is 10.7. The molecule has 37 heavy (non-hydrogen) atoms. The van der Waals surface area contributed by atoms with Crippen LogP contribution in [0.4, 0.5) is 16.0 Å². The molecule has 1 aliphatic heterocycles. The molecule has 192 valence electrons. The van der Waals surface area contributed by atoms with E-state index in [4.69, 9.17) is 0 Å². The zero-order chi connectivity index (χ0) is 25.9. The van der Waals surface area contributed by atoms with E-state index in [2.05, 4.69) is 51.6 Å². The lowest BCUT2D eigenvalue weighted by Gasteiger charge is -2.33. The molecule has 3 N–H and O–H groups in total. The molecule has 2 aliphatic rings. The van der Waals surface area contributed by atoms with E-state index >= 15 is 0 Å². The van der Waals surface area contributed by atoms with Gasteiger partial charge >= 0.3 is 0 Å². The van der Waals surface area contributed by atoms with E-state index in [-0.39, 0.29) is 16.7 Å². The number of aromatic nitrogens is 5. The number of nitrogens with one attached hydrogen (secondary N) is 2. The summed E-state index contributed by atoms with van der Waals surface area (Å²) in [6.45, 7) is 8.55. The first-order valence-electron chi connectivity index (χ1n) is 12.7. The maximum Gasteiger partial charge on any atom is 0.278 e. The quantitative estimate of drug-likeness (QED) is 0.369. The highest BCUT2D eigenvalue weighted by Crippen LogP contribution is 2.45. The molecule has 9 nitrogen and oxygen atoms in total. The third kappa shape index (κ3) is 4.00. The van der Waals surface area contributed by atoms with E-state index in [0.717, 1.165) is 18.8 Å². The Morgan fingerprint density at radius 1 is 1.19 bits per heavy atom. The molecule has 6 rings (SSSR count). The van der Waals surface area contributed by atoms with Crippen molar-refractivity contribution in [2.75, 3.05) is 11.9 Å². The van der Waals surface area contributed by atoms with Gasteiger partial charge in [-0.2, -0.15) is 4.98 Å². The minimum atomic E-state index is -1.25. The van der Waals surface area contributed by atoms with Gasteiger partial charge in [0.05, 0.1) is 0 Å². The Labute approximate surface area is 213 Å². The van der Waals surface area contributed by atoms with Crippen molar-refractivity contribution in [3.63, 3.8) is 0 Å². The zero-order valence-electron chi connectivity index (χ0n) is 21.2.